The van der Waals surface area contributed by atoms with Crippen LogP contribution in [0.4, 0.5) is 0 Å². The van der Waals surface area contributed by atoms with E-state index in [0.717, 1.165) is 18.5 Å². The minimum absolute atomic E-state index is 0.791. The Morgan fingerprint density at radius 3 is 2.88 bits per heavy atom. The molecule has 2 aliphatic rings. The first kappa shape index (κ1) is 11.0. The van der Waals surface area contributed by atoms with Gasteiger partial charge >= 0.3 is 0 Å². The molecule has 1 saturated carbocycles. The maximum Gasteiger partial charge on any atom is 0.00683 e. The summed E-state index contributed by atoms with van der Waals surface area (Å²) in [6, 6.07) is 9.70. The first-order valence-corrected chi connectivity index (χ1v) is 6.89. The zero-order valence-electron chi connectivity index (χ0n) is 10.4. The second kappa shape index (κ2) is 5.05. The summed E-state index contributed by atoms with van der Waals surface area (Å²) >= 11 is 0. The molecule has 3 rings (SSSR count). The molecule has 0 radical (unpaired) electrons. The van der Waals surface area contributed by atoms with E-state index < -0.39 is 0 Å². The van der Waals surface area contributed by atoms with Crippen molar-refractivity contribution < 1.29 is 0 Å². The number of fused-ring (bicyclic) bond motifs is 1. The van der Waals surface area contributed by atoms with Gasteiger partial charge in [0.2, 0.25) is 0 Å². The van der Waals surface area contributed by atoms with E-state index in [1.807, 2.05) is 0 Å². The summed E-state index contributed by atoms with van der Waals surface area (Å²) in [7, 11) is 0. The molecular formula is C16H21N. The zero-order valence-corrected chi connectivity index (χ0v) is 10.4. The first-order valence-electron chi connectivity index (χ1n) is 6.89. The molecule has 1 unspecified atom stereocenters. The van der Waals surface area contributed by atoms with Gasteiger partial charge in [-0.15, -0.1) is 0 Å². The average Bonchev–Trinajstić information content (AvgIpc) is 3.12. The molecule has 2 aliphatic carbocycles. The molecule has 0 aromatic heterocycles. The fourth-order valence-electron chi connectivity index (χ4n) is 2.61. The molecule has 1 aromatic rings. The highest BCUT2D eigenvalue weighted by Crippen LogP contribution is 2.37. The highest BCUT2D eigenvalue weighted by atomic mass is 14.9. The summed E-state index contributed by atoms with van der Waals surface area (Å²) in [5.41, 5.74) is 3.13. The van der Waals surface area contributed by atoms with Gasteiger partial charge in [-0.1, -0.05) is 36.4 Å². The SMILES string of the molecule is C(=CCC1Cc2ccccc21)CCNC1CC1. The van der Waals surface area contributed by atoms with Crippen molar-refractivity contribution in [2.24, 2.45) is 0 Å². The van der Waals surface area contributed by atoms with Crippen molar-refractivity contribution >= 4 is 0 Å². The van der Waals surface area contributed by atoms with Gasteiger partial charge in [0.25, 0.3) is 0 Å². The van der Waals surface area contributed by atoms with Crippen LogP contribution in [0.25, 0.3) is 0 Å². The third kappa shape index (κ3) is 2.78. The Bertz CT molecular complexity index is 404. The van der Waals surface area contributed by atoms with Crippen LogP contribution in [0.15, 0.2) is 36.4 Å². The van der Waals surface area contributed by atoms with Gasteiger partial charge in [0, 0.05) is 6.04 Å². The topological polar surface area (TPSA) is 12.0 Å². The summed E-state index contributed by atoms with van der Waals surface area (Å²) in [4.78, 5) is 0. The predicted octanol–water partition coefficient (Wildman–Crippen LogP) is 3.41. The Kier molecular flexibility index (Phi) is 3.28. The summed E-state index contributed by atoms with van der Waals surface area (Å²) in [6.45, 7) is 1.16. The fraction of sp³-hybridized carbons (Fsp3) is 0.500. The summed E-state index contributed by atoms with van der Waals surface area (Å²) in [6.07, 6.45) is 11.2. The lowest BCUT2D eigenvalue weighted by Gasteiger charge is -2.29. The van der Waals surface area contributed by atoms with Gasteiger partial charge in [-0.25, -0.2) is 0 Å². The number of benzene rings is 1. The second-order valence-corrected chi connectivity index (χ2v) is 5.32. The summed E-state index contributed by atoms with van der Waals surface area (Å²) in [5, 5.41) is 3.54. The number of hydrogen-bond donors (Lipinski definition) is 1. The number of rotatable bonds is 6. The van der Waals surface area contributed by atoms with E-state index in [-0.39, 0.29) is 0 Å². The fourth-order valence-corrected chi connectivity index (χ4v) is 2.61. The third-order valence-electron chi connectivity index (χ3n) is 3.87. The lowest BCUT2D eigenvalue weighted by molar-refractivity contribution is 0.614. The van der Waals surface area contributed by atoms with E-state index in [4.69, 9.17) is 0 Å². The van der Waals surface area contributed by atoms with Gasteiger partial charge in [0.05, 0.1) is 0 Å². The van der Waals surface area contributed by atoms with Crippen molar-refractivity contribution in [3.63, 3.8) is 0 Å². The Hall–Kier alpha value is -1.08. The molecular weight excluding hydrogens is 206 g/mol. The van der Waals surface area contributed by atoms with Crippen molar-refractivity contribution in [2.45, 2.75) is 44.1 Å². The van der Waals surface area contributed by atoms with Crippen LogP contribution in [-0.4, -0.2) is 12.6 Å². The molecule has 1 N–H and O–H groups in total. The lowest BCUT2D eigenvalue weighted by Crippen LogP contribution is -2.17. The van der Waals surface area contributed by atoms with E-state index in [1.165, 1.54) is 32.1 Å². The first-order chi connectivity index (χ1) is 8.43. The monoisotopic (exact) mass is 227 g/mol. The number of allylic oxidation sites excluding steroid dienone is 1. The zero-order chi connectivity index (χ0) is 11.5. The third-order valence-corrected chi connectivity index (χ3v) is 3.87. The van der Waals surface area contributed by atoms with Crippen LogP contribution in [0.1, 0.15) is 42.7 Å². The van der Waals surface area contributed by atoms with Gasteiger partial charge in [-0.05, 0) is 55.7 Å². The van der Waals surface area contributed by atoms with E-state index >= 15 is 0 Å². The van der Waals surface area contributed by atoms with Crippen molar-refractivity contribution in [1.82, 2.24) is 5.32 Å². The van der Waals surface area contributed by atoms with Crippen molar-refractivity contribution in [3.8, 4) is 0 Å². The summed E-state index contributed by atoms with van der Waals surface area (Å²) < 4.78 is 0. The molecule has 0 saturated heterocycles. The number of nitrogens with one attached hydrogen (secondary N) is 1. The van der Waals surface area contributed by atoms with Gasteiger partial charge < -0.3 is 5.32 Å². The maximum absolute atomic E-state index is 3.54. The van der Waals surface area contributed by atoms with E-state index in [2.05, 4.69) is 41.7 Å². The predicted molar refractivity (Wildman–Crippen MR) is 72.3 cm³/mol. The highest BCUT2D eigenvalue weighted by Gasteiger charge is 2.23. The van der Waals surface area contributed by atoms with Crippen LogP contribution in [-0.2, 0) is 6.42 Å². The van der Waals surface area contributed by atoms with Crippen LogP contribution in [0, 0.1) is 0 Å². The highest BCUT2D eigenvalue weighted by molar-refractivity contribution is 5.40. The lowest BCUT2D eigenvalue weighted by atomic mass is 9.76. The van der Waals surface area contributed by atoms with Crippen molar-refractivity contribution in [1.29, 1.82) is 0 Å². The Morgan fingerprint density at radius 2 is 2.06 bits per heavy atom. The Balaban J connectivity index is 1.36. The van der Waals surface area contributed by atoms with Crippen LogP contribution in [0.2, 0.25) is 0 Å². The average molecular weight is 227 g/mol. The van der Waals surface area contributed by atoms with Gasteiger partial charge in [0.1, 0.15) is 0 Å². The van der Waals surface area contributed by atoms with Crippen molar-refractivity contribution in [2.75, 3.05) is 6.54 Å². The molecule has 0 aliphatic heterocycles. The quantitative estimate of drug-likeness (QED) is 0.580. The standard InChI is InChI=1S/C16H21N/c1(5-11-17-15-9-10-15)2-6-13-12-14-7-3-4-8-16(13)14/h1-4,7-8,13,15,17H,5-6,9-12H2. The maximum atomic E-state index is 3.54. The minimum Gasteiger partial charge on any atom is -0.314 e. The van der Waals surface area contributed by atoms with Gasteiger partial charge in [0.15, 0.2) is 0 Å². The molecule has 17 heavy (non-hydrogen) atoms. The second-order valence-electron chi connectivity index (χ2n) is 5.32. The molecule has 1 nitrogen and oxygen atoms in total. The minimum atomic E-state index is 0.791. The number of hydrogen-bond acceptors (Lipinski definition) is 1. The van der Waals surface area contributed by atoms with Crippen LogP contribution in [0.3, 0.4) is 0 Å². The van der Waals surface area contributed by atoms with Gasteiger partial charge in [-0.2, -0.15) is 0 Å². The van der Waals surface area contributed by atoms with Crippen LogP contribution >= 0.6 is 0 Å². The molecule has 0 heterocycles. The van der Waals surface area contributed by atoms with Crippen LogP contribution < -0.4 is 5.32 Å². The largest absolute Gasteiger partial charge is 0.314 e. The van der Waals surface area contributed by atoms with E-state index in [9.17, 15) is 0 Å². The molecule has 1 aromatic carbocycles. The molecule has 1 atom stereocenters. The van der Waals surface area contributed by atoms with Gasteiger partial charge in [-0.3, -0.25) is 0 Å². The molecule has 90 valence electrons. The Labute approximate surface area is 104 Å². The Morgan fingerprint density at radius 1 is 1.18 bits per heavy atom. The smallest absolute Gasteiger partial charge is 0.00683 e. The van der Waals surface area contributed by atoms with Crippen molar-refractivity contribution in [3.05, 3.63) is 47.5 Å². The molecule has 0 bridgehead atoms. The van der Waals surface area contributed by atoms with E-state index in [1.54, 1.807) is 11.1 Å². The van der Waals surface area contributed by atoms with E-state index in [0.29, 0.717) is 0 Å². The van der Waals surface area contributed by atoms with Crippen LogP contribution in [0.5, 0.6) is 0 Å². The molecule has 0 amide bonds. The normalized spacial score (nSPS) is 22.5. The molecule has 0 spiro atoms. The molecule has 1 heteroatoms. The summed E-state index contributed by atoms with van der Waals surface area (Å²) in [5.74, 6) is 0.791. The molecule has 1 fully saturated rings.